The van der Waals surface area contributed by atoms with Crippen molar-refractivity contribution in [2.45, 2.75) is 228 Å². The van der Waals surface area contributed by atoms with Gasteiger partial charge in [-0.25, -0.2) is 14.8 Å². The fourth-order valence-electron chi connectivity index (χ4n) is 14.2. The largest absolute Gasteiger partial charge is 0.508 e. The quantitative estimate of drug-likeness (QED) is 0.0377. The Morgan fingerprint density at radius 3 is 1.48 bits per heavy atom. The van der Waals surface area contributed by atoms with Crippen molar-refractivity contribution in [2.75, 3.05) is 16.8 Å². The number of amides is 16. The summed E-state index contributed by atoms with van der Waals surface area (Å²) in [6, 6.07) is 5.26. The fourth-order valence-corrected chi connectivity index (χ4v) is 16.2. The molecule has 41 nitrogen and oxygen atoms in total. The zero-order chi connectivity index (χ0) is 96.6. The molecule has 15 atom stereocenters. The van der Waals surface area contributed by atoms with Crippen LogP contribution in [-0.2, 0) is 116 Å². The van der Waals surface area contributed by atoms with Crippen molar-refractivity contribution in [3.63, 3.8) is 0 Å². The van der Waals surface area contributed by atoms with Crippen molar-refractivity contribution in [2.24, 2.45) is 16.9 Å². The molecule has 16 amide bonds. The Labute approximate surface area is 769 Å². The second-order valence-electron chi connectivity index (χ2n) is 33.1. The van der Waals surface area contributed by atoms with Gasteiger partial charge >= 0.3 is 12.0 Å². The third-order valence-electron chi connectivity index (χ3n) is 21.2. The highest BCUT2D eigenvalue weighted by atomic mass is 32.2. The average molecular weight is 1870 g/mol. The summed E-state index contributed by atoms with van der Waals surface area (Å²) >= 11 is 2.33. The van der Waals surface area contributed by atoms with Crippen LogP contribution in [0.5, 0.6) is 11.5 Å². The first-order chi connectivity index (χ1) is 62.6. The van der Waals surface area contributed by atoms with Crippen molar-refractivity contribution in [3.05, 3.63) is 173 Å². The smallest absolute Gasteiger partial charge is 0.316 e. The summed E-state index contributed by atoms with van der Waals surface area (Å²) in [6.07, 6.45) is -0.771. The Kier molecular flexibility index (Phi) is 39.2. The molecule has 4 aromatic carbocycles. The summed E-state index contributed by atoms with van der Waals surface area (Å²) in [5, 5.41) is 90.2. The fraction of sp³-hybridized carbons (Fsp3) is 0.438. The van der Waals surface area contributed by atoms with Gasteiger partial charge in [0.2, 0.25) is 82.7 Å². The van der Waals surface area contributed by atoms with Gasteiger partial charge in [0.15, 0.2) is 0 Å². The number of aliphatic hydroxyl groups excluding tert-OH is 2. The number of aromatic hydroxyl groups is 2. The van der Waals surface area contributed by atoms with E-state index in [1.807, 2.05) is 6.07 Å². The van der Waals surface area contributed by atoms with Crippen LogP contribution in [0.1, 0.15) is 133 Å². The molecule has 0 saturated heterocycles. The van der Waals surface area contributed by atoms with Gasteiger partial charge in [-0.2, -0.15) is 23.5 Å². The first-order valence-corrected chi connectivity index (χ1v) is 45.1. The van der Waals surface area contributed by atoms with E-state index in [0.29, 0.717) is 50.1 Å². The lowest BCUT2D eigenvalue weighted by Gasteiger charge is -2.33. The number of carbonyl (C=O) groups excluding carboxylic acids is 15. The summed E-state index contributed by atoms with van der Waals surface area (Å²) < 4.78 is 0. The number of carboxylic acids is 1. The third kappa shape index (κ3) is 32.5. The van der Waals surface area contributed by atoms with Gasteiger partial charge in [0.25, 0.3) is 0 Å². The highest BCUT2D eigenvalue weighted by molar-refractivity contribution is 7.98. The van der Waals surface area contributed by atoms with E-state index < -0.39 is 210 Å². The molecule has 0 aliphatic carbocycles. The lowest BCUT2D eigenvalue weighted by atomic mass is 9.85. The molecule has 0 spiro atoms. The lowest BCUT2D eigenvalue weighted by molar-refractivity contribution is -0.139. The number of aliphatic carboxylic acids is 1. The Morgan fingerprint density at radius 2 is 0.985 bits per heavy atom. The minimum Gasteiger partial charge on any atom is -0.508 e. The number of phenolic OH excluding ortho intramolecular Hbond substituents is 2. The molecule has 0 unspecified atom stereocenters. The maximum Gasteiger partial charge on any atom is 0.316 e. The van der Waals surface area contributed by atoms with Gasteiger partial charge in [0, 0.05) is 104 Å². The summed E-state index contributed by atoms with van der Waals surface area (Å²) in [5.74, 6) is -15.8. The van der Waals surface area contributed by atoms with Gasteiger partial charge in [0.1, 0.15) is 102 Å². The van der Waals surface area contributed by atoms with Crippen molar-refractivity contribution >= 4 is 135 Å². The van der Waals surface area contributed by atoms with Crippen molar-refractivity contribution < 1.29 is 102 Å². The molecule has 7 aromatic rings. The number of pyridine rings is 1. The number of aromatic amines is 2. The second-order valence-corrected chi connectivity index (χ2v) is 35.2. The number of carbonyl (C=O) groups is 16. The monoisotopic (exact) mass is 1860 g/mol. The summed E-state index contributed by atoms with van der Waals surface area (Å²) in [5.41, 5.74) is 13.5. The number of aromatic nitrogens is 4. The molecule has 0 fully saturated rings. The molecular weight excluding hydrogens is 1750 g/mol. The van der Waals surface area contributed by atoms with Gasteiger partial charge in [-0.15, -0.1) is 0 Å². The third-order valence-corrected chi connectivity index (χ3v) is 23.4. The normalized spacial score (nSPS) is 22.5. The lowest BCUT2D eigenvalue weighted by Crippen LogP contribution is -2.63. The number of carboxylic acid groups (broad SMARTS) is 1. The SMILES string of the molecule is CCC[C@@H]1NC(=O)[C@H](Cc2c[nH]c3ncccc23)NC(=O)[C@H]([C@@H](C)O)NC(=O)[C@H](Cc2ncc[nH]2)NC(=O)[C@H](Cc2ccc(O)cc2)NC(=O)[C@H](C(C)(C)C)NC(=O)[C@@H](NC(=O)[C@H](Cc2ccc(NC(N)=O)cc2)NC(C)=O)CSCc2cccc(c2)CSC[C@@H](C(N)=O)NC(=O)[C@H]([C@@H](C)O)NC(=O)[C@H](CCC)NC(=O)[C@H](Cc2ccc(O)cc2)NC(=O)[C@H](CCC(=O)O)NC1=O. The highest BCUT2D eigenvalue weighted by Crippen LogP contribution is 2.26. The summed E-state index contributed by atoms with van der Waals surface area (Å²) in [4.78, 5) is 244. The predicted molar refractivity (Wildman–Crippen MR) is 487 cm³/mol. The van der Waals surface area contributed by atoms with E-state index in [4.69, 9.17) is 11.5 Å². The van der Waals surface area contributed by atoms with Gasteiger partial charge < -0.3 is 121 Å². The van der Waals surface area contributed by atoms with Crippen LogP contribution in [0.4, 0.5) is 10.5 Å². The van der Waals surface area contributed by atoms with Crippen LogP contribution >= 0.6 is 23.5 Å². The molecule has 4 heterocycles. The van der Waals surface area contributed by atoms with Crippen molar-refractivity contribution in [1.29, 1.82) is 0 Å². The van der Waals surface area contributed by atoms with Crippen LogP contribution in [0, 0.1) is 5.41 Å². The number of primary amides is 2. The van der Waals surface area contributed by atoms with Crippen molar-refractivity contribution in [1.82, 2.24) is 89.1 Å². The number of H-pyrrole nitrogens is 2. The molecule has 0 radical (unpaired) electrons. The molecule has 8 rings (SSSR count). The topological polar surface area (TPSA) is 652 Å². The number of aliphatic hydroxyl groups is 2. The molecule has 0 saturated carbocycles. The van der Waals surface area contributed by atoms with E-state index in [2.05, 4.69) is 94.4 Å². The van der Waals surface area contributed by atoms with Gasteiger partial charge in [-0.1, -0.05) is 108 Å². The van der Waals surface area contributed by atoms with Crippen LogP contribution in [0.15, 0.2) is 134 Å². The molecule has 1 aliphatic heterocycles. The number of nitrogens with one attached hydrogen (secondary N) is 16. The number of urea groups is 1. The first kappa shape index (κ1) is 104. The van der Waals surface area contributed by atoms with Crippen LogP contribution in [0.3, 0.4) is 0 Å². The molecule has 1 aliphatic rings. The van der Waals surface area contributed by atoms with E-state index >= 15 is 28.8 Å². The first-order valence-electron chi connectivity index (χ1n) is 42.8. The van der Waals surface area contributed by atoms with E-state index in [1.54, 1.807) is 77.1 Å². The van der Waals surface area contributed by atoms with Gasteiger partial charge in [-0.05, 0) is 120 Å². The molecular formula is C89H116N20O21S2. The number of rotatable bonds is 24. The number of fused-ring (bicyclic) bond motifs is 3. The second kappa shape index (κ2) is 49.9. The number of hydrogen-bond donors (Lipinski definition) is 23. The molecule has 25 N–H and O–H groups in total. The standard InChI is InChI=1S/C89H116N20O21S2/c1-9-13-59-76(118)100-61(30-31-70(115)116)77(119)101-63(37-50-20-26-56(113)27-21-50)80(122)99-60(14-10-2)78(120)107-72(47(4)111)86(128)105-67(74(90)117)44-131-42-52-15-11-16-53(35-52)43-132-45-68(106-79(121)62(96-48(5)112)36-49-18-24-55(25-19-49)97-88(91)130)84(126)109-73(89(6,7)8)87(129)104-64(38-51-22-28-57(114)29-23-51)81(123)102-66(40-69-92-33-34-93-69)83(125)108-71(46(3)110)85(127)103-65(82(124)98-59)39-54-41-95-75-58(54)17-12-32-94-75/h11-12,15-29,32-35,41,46-47,59-68,71-73,110-111,113-114H,9-10,13-14,30-31,36-40,42-45H2,1-8H3,(H2,90,117)(H,92,93)(H,94,95)(H,96,112)(H,98,124)(H,99,122)(H,100,118)(H,101,119)(H,102,123)(H,103,127)(H,104,129)(H,105,128)(H,106,121)(H,107,120)(H,108,125)(H,109,126)(H,115,116)(H3,91,97,130)/t46-,47-,59+,60+,61+,62+,63+,64+,65+,66+,67+,68+,71+,72+,73-/m1/s1. The Hall–Kier alpha value is -13.7. The Balaban J connectivity index is 1.19. The van der Waals surface area contributed by atoms with E-state index in [-0.39, 0.29) is 91.7 Å². The maximum absolute atomic E-state index is 15.3. The van der Waals surface area contributed by atoms with Crippen molar-refractivity contribution in [3.8, 4) is 11.5 Å². The van der Waals surface area contributed by atoms with Crippen LogP contribution in [0.2, 0.25) is 0 Å². The number of anilines is 1. The van der Waals surface area contributed by atoms with E-state index in [0.717, 1.165) is 18.7 Å². The zero-order valence-electron chi connectivity index (χ0n) is 74.1. The molecule has 132 heavy (non-hydrogen) atoms. The van der Waals surface area contributed by atoms with E-state index in [1.165, 1.54) is 111 Å². The Bertz CT molecular complexity index is 5190. The van der Waals surface area contributed by atoms with Gasteiger partial charge in [0.05, 0.1) is 12.2 Å². The number of nitrogens with two attached hydrogens (primary N) is 2. The maximum atomic E-state index is 15.3. The average Bonchev–Trinajstić information content (AvgIpc) is 1.23. The summed E-state index contributed by atoms with van der Waals surface area (Å²) in [7, 11) is 0. The van der Waals surface area contributed by atoms with Crippen LogP contribution < -0.4 is 85.9 Å². The number of benzene rings is 4. The minimum atomic E-state index is -1.99. The molecule has 710 valence electrons. The number of nitrogens with zero attached hydrogens (tertiary/aromatic N) is 2. The zero-order valence-corrected chi connectivity index (χ0v) is 75.7. The van der Waals surface area contributed by atoms with Crippen LogP contribution in [-0.4, -0.2) is 242 Å². The molecule has 3 aromatic heterocycles. The predicted octanol–water partition coefficient (Wildman–Crippen LogP) is -0.0384. The van der Waals surface area contributed by atoms with Crippen LogP contribution in [0.25, 0.3) is 11.0 Å². The number of thioether (sulfide) groups is 2. The number of phenols is 2. The minimum absolute atomic E-state index is 0.0985. The summed E-state index contributed by atoms with van der Waals surface area (Å²) in [6.45, 7) is 11.6. The Morgan fingerprint density at radius 1 is 0.515 bits per heavy atom. The molecule has 43 heteroatoms. The number of hydrogen-bond acceptors (Lipinski definition) is 24. The van der Waals surface area contributed by atoms with Gasteiger partial charge in [-0.3, -0.25) is 71.9 Å². The molecule has 2 bridgehead atoms. The number of imidazole rings is 1. The highest BCUT2D eigenvalue weighted by Gasteiger charge is 2.42. The van der Waals surface area contributed by atoms with E-state index in [9.17, 15) is 73.5 Å².